The number of nitrogens with one attached hydrogen (secondary N) is 1. The van der Waals surface area contributed by atoms with E-state index in [0.29, 0.717) is 17.0 Å². The second-order valence-corrected chi connectivity index (χ2v) is 5.93. The molecule has 0 saturated heterocycles. The van der Waals surface area contributed by atoms with Gasteiger partial charge in [-0.25, -0.2) is 0 Å². The molecule has 2 aromatic carbocycles. The summed E-state index contributed by atoms with van der Waals surface area (Å²) in [4.78, 5) is 24.2. The van der Waals surface area contributed by atoms with Gasteiger partial charge in [0, 0.05) is 6.42 Å². The number of carboxylic acids is 1. The summed E-state index contributed by atoms with van der Waals surface area (Å²) in [7, 11) is 1.52. The number of benzene rings is 2. The third-order valence-electron chi connectivity index (χ3n) is 4.03. The van der Waals surface area contributed by atoms with Crippen molar-refractivity contribution in [3.63, 3.8) is 0 Å². The number of hydrogen-bond acceptors (Lipinski definition) is 3. The van der Waals surface area contributed by atoms with Gasteiger partial charge in [-0.2, -0.15) is 0 Å². The average Bonchev–Trinajstić information content (AvgIpc) is 2.55. The number of anilines is 1. The van der Waals surface area contributed by atoms with E-state index >= 15 is 0 Å². The van der Waals surface area contributed by atoms with Crippen LogP contribution in [0.2, 0.25) is 0 Å². The zero-order valence-corrected chi connectivity index (χ0v) is 14.0. The van der Waals surface area contributed by atoms with E-state index in [9.17, 15) is 14.7 Å². The Hall–Kier alpha value is -2.82. The van der Waals surface area contributed by atoms with Crippen LogP contribution < -0.4 is 10.1 Å². The Morgan fingerprint density at radius 1 is 1.17 bits per heavy atom. The van der Waals surface area contributed by atoms with Gasteiger partial charge in [0.25, 0.3) is 0 Å². The fourth-order valence-corrected chi connectivity index (χ4v) is 2.54. The van der Waals surface area contributed by atoms with E-state index in [1.165, 1.54) is 7.11 Å². The Labute approximate surface area is 141 Å². The molecule has 0 aromatic heterocycles. The predicted octanol–water partition coefficient (Wildman–Crippen LogP) is 3.37. The van der Waals surface area contributed by atoms with Gasteiger partial charge in [-0.1, -0.05) is 36.4 Å². The number of amides is 1. The van der Waals surface area contributed by atoms with Crippen LogP contribution in [0.15, 0.2) is 48.5 Å². The number of carbonyl (C=O) groups excluding carboxylic acids is 1. The molecule has 2 rings (SSSR count). The van der Waals surface area contributed by atoms with E-state index in [-0.39, 0.29) is 12.3 Å². The first-order chi connectivity index (χ1) is 11.4. The summed E-state index contributed by atoms with van der Waals surface area (Å²) in [6.07, 6.45) is -0.177. The largest absolute Gasteiger partial charge is 0.495 e. The third kappa shape index (κ3) is 3.74. The minimum Gasteiger partial charge on any atom is -0.495 e. The predicted molar refractivity (Wildman–Crippen MR) is 92.4 cm³/mol. The Morgan fingerprint density at radius 3 is 2.42 bits per heavy atom. The lowest BCUT2D eigenvalue weighted by Gasteiger charge is -2.25. The highest BCUT2D eigenvalue weighted by atomic mass is 16.5. The van der Waals surface area contributed by atoms with Crippen molar-refractivity contribution in [2.45, 2.75) is 25.7 Å². The second-order valence-electron chi connectivity index (χ2n) is 5.93. The SMILES string of the molecule is COc1ccc(C)cc1NC(=O)C[C@](C)(C(=O)O)c1ccccc1. The lowest BCUT2D eigenvalue weighted by molar-refractivity contribution is -0.145. The van der Waals surface area contributed by atoms with Gasteiger partial charge in [0.05, 0.1) is 18.2 Å². The topological polar surface area (TPSA) is 75.6 Å². The fraction of sp³-hybridized carbons (Fsp3) is 0.263. The molecule has 0 fully saturated rings. The summed E-state index contributed by atoms with van der Waals surface area (Å²) in [5, 5.41) is 12.4. The van der Waals surface area contributed by atoms with Gasteiger partial charge in [-0.3, -0.25) is 9.59 Å². The molecular formula is C19H21NO4. The van der Waals surface area contributed by atoms with Crippen LogP contribution in [-0.2, 0) is 15.0 Å². The molecule has 0 heterocycles. The van der Waals surface area contributed by atoms with E-state index in [2.05, 4.69) is 5.32 Å². The van der Waals surface area contributed by atoms with Crippen LogP contribution in [-0.4, -0.2) is 24.1 Å². The average molecular weight is 327 g/mol. The lowest BCUT2D eigenvalue weighted by atomic mass is 9.79. The molecule has 0 spiro atoms. The van der Waals surface area contributed by atoms with Gasteiger partial charge < -0.3 is 15.2 Å². The lowest BCUT2D eigenvalue weighted by Crippen LogP contribution is -2.36. The maximum absolute atomic E-state index is 12.5. The van der Waals surface area contributed by atoms with Gasteiger partial charge in [0.2, 0.25) is 5.91 Å². The van der Waals surface area contributed by atoms with Gasteiger partial charge in [0.15, 0.2) is 0 Å². The molecule has 5 heteroatoms. The van der Waals surface area contributed by atoms with E-state index in [4.69, 9.17) is 4.74 Å². The van der Waals surface area contributed by atoms with Crippen molar-refractivity contribution < 1.29 is 19.4 Å². The molecular weight excluding hydrogens is 306 g/mol. The molecule has 5 nitrogen and oxygen atoms in total. The molecule has 1 atom stereocenters. The summed E-state index contributed by atoms with van der Waals surface area (Å²) in [5.41, 5.74) is 0.782. The van der Waals surface area contributed by atoms with Gasteiger partial charge in [-0.05, 0) is 37.1 Å². The van der Waals surface area contributed by atoms with Crippen LogP contribution >= 0.6 is 0 Å². The normalized spacial score (nSPS) is 13.0. The number of methoxy groups -OCH3 is 1. The van der Waals surface area contributed by atoms with Crippen LogP contribution in [0.1, 0.15) is 24.5 Å². The molecule has 0 aliphatic rings. The van der Waals surface area contributed by atoms with Crippen molar-refractivity contribution in [3.05, 3.63) is 59.7 Å². The quantitative estimate of drug-likeness (QED) is 0.853. The van der Waals surface area contributed by atoms with E-state index in [1.807, 2.05) is 19.1 Å². The van der Waals surface area contributed by atoms with Crippen LogP contribution in [0, 0.1) is 6.92 Å². The first kappa shape index (κ1) is 17.5. The molecule has 2 N–H and O–H groups in total. The number of rotatable bonds is 6. The Balaban J connectivity index is 2.24. The highest BCUT2D eigenvalue weighted by Crippen LogP contribution is 2.30. The Kier molecular flexibility index (Phi) is 5.24. The number of carboxylic acid groups (broad SMARTS) is 1. The van der Waals surface area contributed by atoms with Gasteiger partial charge in [-0.15, -0.1) is 0 Å². The summed E-state index contributed by atoms with van der Waals surface area (Å²) in [6, 6.07) is 14.2. The molecule has 126 valence electrons. The standard InChI is InChI=1S/C19H21NO4/c1-13-9-10-16(24-3)15(11-13)20-17(21)12-19(2,18(22)23)14-7-5-4-6-8-14/h4-11H,12H2,1-3H3,(H,20,21)(H,22,23)/t19-/m0/s1. The molecule has 1 amide bonds. The first-order valence-corrected chi connectivity index (χ1v) is 7.60. The Bertz CT molecular complexity index is 742. The minimum absolute atomic E-state index is 0.177. The second kappa shape index (κ2) is 7.17. The summed E-state index contributed by atoms with van der Waals surface area (Å²) < 4.78 is 5.23. The molecule has 0 unspecified atom stereocenters. The molecule has 0 aliphatic heterocycles. The Morgan fingerprint density at radius 2 is 1.83 bits per heavy atom. The number of aliphatic carboxylic acids is 1. The fourth-order valence-electron chi connectivity index (χ4n) is 2.54. The van der Waals surface area contributed by atoms with Crippen molar-refractivity contribution in [2.24, 2.45) is 0 Å². The molecule has 2 aromatic rings. The number of aryl methyl sites for hydroxylation is 1. The smallest absolute Gasteiger partial charge is 0.314 e. The van der Waals surface area contributed by atoms with Crippen molar-refractivity contribution in [1.82, 2.24) is 0 Å². The van der Waals surface area contributed by atoms with Crippen LogP contribution in [0.4, 0.5) is 5.69 Å². The maximum Gasteiger partial charge on any atom is 0.314 e. The van der Waals surface area contributed by atoms with Gasteiger partial charge in [0.1, 0.15) is 5.75 Å². The summed E-state index contributed by atoms with van der Waals surface area (Å²) in [5.74, 6) is -0.890. The van der Waals surface area contributed by atoms with E-state index < -0.39 is 11.4 Å². The third-order valence-corrected chi connectivity index (χ3v) is 4.03. The first-order valence-electron chi connectivity index (χ1n) is 7.60. The van der Waals surface area contributed by atoms with Crippen molar-refractivity contribution in [1.29, 1.82) is 0 Å². The minimum atomic E-state index is -1.30. The summed E-state index contributed by atoms with van der Waals surface area (Å²) >= 11 is 0. The van der Waals surface area contributed by atoms with E-state index in [0.717, 1.165) is 5.56 Å². The monoisotopic (exact) mass is 327 g/mol. The number of hydrogen-bond donors (Lipinski definition) is 2. The molecule has 0 bridgehead atoms. The van der Waals surface area contributed by atoms with E-state index in [1.54, 1.807) is 43.3 Å². The number of carbonyl (C=O) groups is 2. The molecule has 0 saturated carbocycles. The highest BCUT2D eigenvalue weighted by Gasteiger charge is 2.37. The van der Waals surface area contributed by atoms with Crippen molar-refractivity contribution in [2.75, 3.05) is 12.4 Å². The summed E-state index contributed by atoms with van der Waals surface area (Å²) in [6.45, 7) is 3.46. The molecule has 24 heavy (non-hydrogen) atoms. The number of ether oxygens (including phenoxy) is 1. The highest BCUT2D eigenvalue weighted by molar-refractivity contribution is 5.97. The molecule has 0 aliphatic carbocycles. The van der Waals surface area contributed by atoms with Crippen LogP contribution in [0.25, 0.3) is 0 Å². The zero-order valence-electron chi connectivity index (χ0n) is 14.0. The van der Waals surface area contributed by atoms with Gasteiger partial charge >= 0.3 is 5.97 Å². The molecule has 0 radical (unpaired) electrons. The zero-order chi connectivity index (χ0) is 17.7. The van der Waals surface area contributed by atoms with Crippen molar-refractivity contribution in [3.8, 4) is 5.75 Å². The van der Waals surface area contributed by atoms with Crippen LogP contribution in [0.3, 0.4) is 0 Å². The van der Waals surface area contributed by atoms with Crippen LogP contribution in [0.5, 0.6) is 5.75 Å². The van der Waals surface area contributed by atoms with Crippen molar-refractivity contribution >= 4 is 17.6 Å². The maximum atomic E-state index is 12.5.